The number of aromatic nitrogens is 18. The summed E-state index contributed by atoms with van der Waals surface area (Å²) in [5.74, 6) is 0.218. The SMILES string of the molecule is Cc1c(Cl)ccc(-n2cnnn2)c1CCC(=O)c1cn(Cc2cn3cc(C4CC4)ccc3n2)nn1.Cc1c(Cl)ccc(-n2cnnn2)c1CN.O=C(O)c1cn(Cc2cn3cc(C4CC4)ccc3n2)nn1. The maximum atomic E-state index is 12.9. The Bertz CT molecular complexity index is 3520. The number of pyridine rings is 2. The molecule has 0 spiro atoms. The molecule has 0 amide bonds. The number of carbonyl (C=O) groups excluding carboxylic acids is 1. The number of hydrogen-bond donors (Lipinski definition) is 2. The molecule has 0 atom stereocenters. The van der Waals surface area contributed by atoms with Gasteiger partial charge in [-0.25, -0.2) is 33.5 Å². The highest BCUT2D eigenvalue weighted by atomic mass is 35.5. The van der Waals surface area contributed by atoms with Crippen LogP contribution in [0.15, 0.2) is 98.4 Å². The molecule has 10 aromatic rings. The van der Waals surface area contributed by atoms with Gasteiger partial charge in [0.05, 0.1) is 48.2 Å². The third kappa shape index (κ3) is 10.6. The van der Waals surface area contributed by atoms with Crippen molar-refractivity contribution in [2.45, 2.75) is 83.8 Å². The summed E-state index contributed by atoms with van der Waals surface area (Å²) in [7, 11) is 0. The monoisotopic (exact) mass is 993 g/mol. The zero-order valence-corrected chi connectivity index (χ0v) is 39.9. The lowest BCUT2D eigenvalue weighted by molar-refractivity contribution is 0.0690. The van der Waals surface area contributed by atoms with E-state index in [1.165, 1.54) is 60.3 Å². The number of rotatable bonds is 14. The lowest BCUT2D eigenvalue weighted by Gasteiger charge is -2.12. The van der Waals surface area contributed by atoms with E-state index >= 15 is 0 Å². The van der Waals surface area contributed by atoms with Crippen LogP contribution in [0.25, 0.3) is 22.7 Å². The first kappa shape index (κ1) is 46.6. The summed E-state index contributed by atoms with van der Waals surface area (Å²) < 4.78 is 10.3. The van der Waals surface area contributed by atoms with Gasteiger partial charge in [-0.05, 0) is 148 Å². The highest BCUT2D eigenvalue weighted by molar-refractivity contribution is 6.31. The van der Waals surface area contributed by atoms with Crippen molar-refractivity contribution < 1.29 is 14.7 Å². The van der Waals surface area contributed by atoms with Crippen LogP contribution in [0.5, 0.6) is 0 Å². The average molecular weight is 995 g/mol. The highest BCUT2D eigenvalue weighted by Gasteiger charge is 2.25. The van der Waals surface area contributed by atoms with E-state index in [2.05, 4.69) is 96.6 Å². The number of hydrogen-bond acceptors (Lipinski definition) is 15. The number of aromatic carboxylic acids is 1. The number of tetrazole rings is 2. The van der Waals surface area contributed by atoms with E-state index in [-0.39, 0.29) is 17.9 Å². The van der Waals surface area contributed by atoms with Crippen molar-refractivity contribution in [2.24, 2.45) is 5.73 Å². The number of benzene rings is 2. The minimum Gasteiger partial charge on any atom is -0.476 e. The first-order chi connectivity index (χ1) is 34.5. The number of carboxylic acid groups (broad SMARTS) is 1. The van der Waals surface area contributed by atoms with Crippen molar-refractivity contribution in [1.29, 1.82) is 0 Å². The predicted molar refractivity (Wildman–Crippen MR) is 258 cm³/mol. The minimum absolute atomic E-state index is 0.0604. The molecular weight excluding hydrogens is 950 g/mol. The maximum absolute atomic E-state index is 12.9. The Morgan fingerprint density at radius 2 is 1.13 bits per heavy atom. The van der Waals surface area contributed by atoms with Crippen LogP contribution in [-0.4, -0.2) is 106 Å². The van der Waals surface area contributed by atoms with Crippen LogP contribution >= 0.6 is 23.2 Å². The van der Waals surface area contributed by atoms with Gasteiger partial charge in [0.2, 0.25) is 0 Å². The number of halogens is 2. The summed E-state index contributed by atoms with van der Waals surface area (Å²) in [5, 5.41) is 48.2. The van der Waals surface area contributed by atoms with E-state index in [9.17, 15) is 9.59 Å². The Morgan fingerprint density at radius 1 is 0.634 bits per heavy atom. The zero-order chi connectivity index (χ0) is 49.2. The normalized spacial score (nSPS) is 13.3. The molecule has 360 valence electrons. The highest BCUT2D eigenvalue weighted by Crippen LogP contribution is 2.40. The van der Waals surface area contributed by atoms with Gasteiger partial charge < -0.3 is 19.6 Å². The van der Waals surface area contributed by atoms with Gasteiger partial charge in [-0.3, -0.25) is 4.79 Å². The van der Waals surface area contributed by atoms with Gasteiger partial charge >= 0.3 is 5.97 Å². The summed E-state index contributed by atoms with van der Waals surface area (Å²) in [6.45, 7) is 5.10. The Hall–Kier alpha value is -8.08. The molecule has 8 aromatic heterocycles. The molecule has 3 N–H and O–H groups in total. The maximum Gasteiger partial charge on any atom is 0.358 e. The number of imidazole rings is 2. The molecule has 24 heteroatoms. The fourth-order valence-corrected chi connectivity index (χ4v) is 8.60. The van der Waals surface area contributed by atoms with Crippen LogP contribution in [0.1, 0.15) is 110 Å². The Morgan fingerprint density at radius 3 is 1.59 bits per heavy atom. The molecule has 2 aliphatic rings. The molecule has 0 unspecified atom stereocenters. The summed E-state index contributed by atoms with van der Waals surface area (Å²) >= 11 is 12.3. The van der Waals surface area contributed by atoms with Crippen molar-refractivity contribution in [3.8, 4) is 11.4 Å². The van der Waals surface area contributed by atoms with E-state index < -0.39 is 5.97 Å². The number of fused-ring (bicyclic) bond motifs is 2. The molecule has 2 fully saturated rings. The van der Waals surface area contributed by atoms with Crippen molar-refractivity contribution in [3.63, 3.8) is 0 Å². The van der Waals surface area contributed by atoms with E-state index in [1.807, 2.05) is 54.9 Å². The second kappa shape index (κ2) is 20.1. The van der Waals surface area contributed by atoms with Gasteiger partial charge in [-0.2, -0.15) is 0 Å². The lowest BCUT2D eigenvalue weighted by Crippen LogP contribution is -2.07. The average Bonchev–Trinajstić information content (AvgIpc) is 3.83. The van der Waals surface area contributed by atoms with Crippen LogP contribution in [0, 0.1) is 13.8 Å². The number of nitrogens with two attached hydrogens (primary N) is 1. The quantitative estimate of drug-likeness (QED) is 0.114. The summed E-state index contributed by atoms with van der Waals surface area (Å²) in [6.07, 6.45) is 20.1. The number of ketones is 1. The van der Waals surface area contributed by atoms with Gasteiger partial charge in [0.1, 0.15) is 29.6 Å². The molecule has 0 saturated heterocycles. The molecule has 22 nitrogen and oxygen atoms in total. The van der Waals surface area contributed by atoms with Crippen molar-refractivity contribution in [2.75, 3.05) is 0 Å². The molecule has 8 heterocycles. The van der Waals surface area contributed by atoms with E-state index in [0.717, 1.165) is 56.3 Å². The molecule has 2 aromatic carbocycles. The van der Waals surface area contributed by atoms with Crippen LogP contribution < -0.4 is 5.73 Å². The summed E-state index contributed by atoms with van der Waals surface area (Å²) in [6, 6.07) is 15.7. The summed E-state index contributed by atoms with van der Waals surface area (Å²) in [5.41, 5.74) is 17.5. The van der Waals surface area contributed by atoms with E-state index in [4.69, 9.17) is 34.0 Å². The third-order valence-corrected chi connectivity index (χ3v) is 13.2. The summed E-state index contributed by atoms with van der Waals surface area (Å²) in [4.78, 5) is 32.9. The van der Waals surface area contributed by atoms with Crippen LogP contribution in [0.4, 0.5) is 0 Å². The fraction of sp³-hybridized carbons (Fsp3) is 0.277. The standard InChI is InChI=1S/C24H22ClN9O.C14H13N5O2.C9H10ClN5/c1-15-19(22(7-6-20(15)25)34-14-26-29-31-34)5-8-23(35)21-13-33(30-28-21)12-18-11-32-10-17(16-2-3-16)4-9-24(32)27-18;20-14(21)12-8-19(17-16-12)7-11-6-18-5-10(9-1-2-9)3-4-13(18)15-11;1-6-7(4-11)9(3-2-8(6)10)15-5-12-13-14-15/h4,6-7,9-11,13-14,16H,2-3,5,8,12H2,1H3;3-6,8-9H,1-2,7H2,(H,20,21);2-3,5H,4,11H2,1H3. The second-order valence-electron chi connectivity index (χ2n) is 17.4. The number of Topliss-reactive ketones (excluding diaryl/α,β-unsaturated/α-hetero) is 1. The lowest BCUT2D eigenvalue weighted by atomic mass is 9.99. The first-order valence-corrected chi connectivity index (χ1v) is 23.5. The third-order valence-electron chi connectivity index (χ3n) is 12.4. The minimum atomic E-state index is -1.08. The van der Waals surface area contributed by atoms with Gasteiger partial charge in [0.25, 0.3) is 0 Å². The van der Waals surface area contributed by atoms with Gasteiger partial charge in [0, 0.05) is 47.8 Å². The Kier molecular flexibility index (Phi) is 13.2. The molecule has 0 bridgehead atoms. The smallest absolute Gasteiger partial charge is 0.358 e. The van der Waals surface area contributed by atoms with Crippen molar-refractivity contribution >= 4 is 46.2 Å². The zero-order valence-electron chi connectivity index (χ0n) is 38.4. The van der Waals surface area contributed by atoms with Gasteiger partial charge in [-0.1, -0.05) is 45.8 Å². The van der Waals surface area contributed by atoms with E-state index in [1.54, 1.807) is 26.3 Å². The van der Waals surface area contributed by atoms with Crippen LogP contribution in [0.2, 0.25) is 10.0 Å². The molecule has 71 heavy (non-hydrogen) atoms. The van der Waals surface area contributed by atoms with Crippen molar-refractivity contribution in [3.05, 3.63) is 165 Å². The fourth-order valence-electron chi connectivity index (χ4n) is 8.24. The van der Waals surface area contributed by atoms with Crippen LogP contribution in [0.3, 0.4) is 0 Å². The number of nitrogens with zero attached hydrogens (tertiary/aromatic N) is 18. The Balaban J connectivity index is 0.000000136. The topological polar surface area (TPSA) is 264 Å². The van der Waals surface area contributed by atoms with Gasteiger partial charge in [0.15, 0.2) is 11.5 Å². The predicted octanol–water partition coefficient (Wildman–Crippen LogP) is 6.24. The largest absolute Gasteiger partial charge is 0.476 e. The molecule has 2 saturated carbocycles. The second-order valence-corrected chi connectivity index (χ2v) is 18.2. The number of carboxylic acids is 1. The van der Waals surface area contributed by atoms with Crippen molar-refractivity contribution in [1.82, 2.24) is 89.2 Å². The van der Waals surface area contributed by atoms with E-state index in [0.29, 0.717) is 53.6 Å². The van der Waals surface area contributed by atoms with Crippen LogP contribution in [-0.2, 0) is 26.1 Å². The van der Waals surface area contributed by atoms with Gasteiger partial charge in [-0.15, -0.1) is 20.4 Å². The molecule has 2 aliphatic carbocycles. The molecule has 0 aliphatic heterocycles. The Labute approximate surface area is 414 Å². The molecular formula is C47H45Cl2N19O3. The first-order valence-electron chi connectivity index (χ1n) is 22.7. The number of carbonyl (C=O) groups is 2. The molecule has 12 rings (SSSR count). The molecule has 0 radical (unpaired) electrons.